The normalized spacial score (nSPS) is 16.5. The van der Waals surface area contributed by atoms with Crippen molar-refractivity contribution in [3.05, 3.63) is 53.6 Å². The molecule has 0 radical (unpaired) electrons. The number of carbonyl (C=O) groups is 2. The van der Waals surface area contributed by atoms with Gasteiger partial charge in [0, 0.05) is 0 Å². The summed E-state index contributed by atoms with van der Waals surface area (Å²) in [4.78, 5) is 29.3. The molecule has 0 aliphatic carbocycles. The van der Waals surface area contributed by atoms with Crippen molar-refractivity contribution in [2.75, 3.05) is 10.6 Å². The molecule has 1 atom stereocenters. The van der Waals surface area contributed by atoms with Gasteiger partial charge in [0.05, 0.1) is 28.2 Å². The zero-order valence-corrected chi connectivity index (χ0v) is 13.2. The van der Waals surface area contributed by atoms with E-state index in [1.165, 1.54) is 4.57 Å². The Morgan fingerprint density at radius 3 is 2.79 bits per heavy atom. The topological polar surface area (TPSA) is 76.0 Å². The number of anilines is 2. The number of fused-ring (bicyclic) bond motifs is 3. The highest BCUT2D eigenvalue weighted by molar-refractivity contribution is 6.33. The Hall–Kier alpha value is -2.86. The Labute approximate surface area is 142 Å². The maximum Gasteiger partial charge on any atom is 0.247 e. The number of hydrogen-bond acceptors (Lipinski definition) is 4. The van der Waals surface area contributed by atoms with Crippen LogP contribution in [0.25, 0.3) is 11.0 Å². The first-order valence-corrected chi connectivity index (χ1v) is 7.84. The SMILES string of the molecule is O=C(Nc1ccccc1Cl)[C@@H]1CC(=O)n2c(nc3ccccc32)N1. The zero-order chi connectivity index (χ0) is 16.7. The molecule has 24 heavy (non-hydrogen) atoms. The molecular weight excluding hydrogens is 328 g/mol. The summed E-state index contributed by atoms with van der Waals surface area (Å²) < 4.78 is 1.51. The number of nitrogens with zero attached hydrogens (tertiary/aromatic N) is 2. The molecule has 4 rings (SSSR count). The Morgan fingerprint density at radius 2 is 1.96 bits per heavy atom. The number of benzene rings is 2. The van der Waals surface area contributed by atoms with E-state index < -0.39 is 6.04 Å². The maximum absolute atomic E-state index is 12.5. The zero-order valence-electron chi connectivity index (χ0n) is 12.5. The fourth-order valence-electron chi connectivity index (χ4n) is 2.79. The van der Waals surface area contributed by atoms with E-state index in [1.807, 2.05) is 24.3 Å². The highest BCUT2D eigenvalue weighted by atomic mass is 35.5. The molecule has 6 nitrogen and oxygen atoms in total. The van der Waals surface area contributed by atoms with Crippen LogP contribution in [0.5, 0.6) is 0 Å². The molecule has 1 amide bonds. The molecule has 0 fully saturated rings. The van der Waals surface area contributed by atoms with E-state index in [9.17, 15) is 9.59 Å². The summed E-state index contributed by atoms with van der Waals surface area (Å²) in [5.74, 6) is -0.113. The third-order valence-corrected chi connectivity index (χ3v) is 4.27. The Balaban J connectivity index is 1.62. The number of imidazole rings is 1. The molecule has 2 aromatic carbocycles. The van der Waals surface area contributed by atoms with Gasteiger partial charge in [0.25, 0.3) is 0 Å². The van der Waals surface area contributed by atoms with Gasteiger partial charge in [-0.05, 0) is 24.3 Å². The van der Waals surface area contributed by atoms with E-state index in [1.54, 1.807) is 24.3 Å². The predicted molar refractivity (Wildman–Crippen MR) is 92.5 cm³/mol. The molecule has 0 unspecified atom stereocenters. The summed E-state index contributed by atoms with van der Waals surface area (Å²) in [6.07, 6.45) is 0.0453. The van der Waals surface area contributed by atoms with E-state index >= 15 is 0 Å². The van der Waals surface area contributed by atoms with Crippen LogP contribution in [0.15, 0.2) is 48.5 Å². The van der Waals surface area contributed by atoms with Gasteiger partial charge in [0.15, 0.2) is 0 Å². The number of nitrogens with one attached hydrogen (secondary N) is 2. The van der Waals surface area contributed by atoms with E-state index in [0.717, 1.165) is 5.52 Å². The molecule has 1 aliphatic rings. The first-order valence-electron chi connectivity index (χ1n) is 7.46. The second kappa shape index (κ2) is 5.65. The van der Waals surface area contributed by atoms with Crippen molar-refractivity contribution in [3.63, 3.8) is 0 Å². The molecule has 120 valence electrons. The smallest absolute Gasteiger partial charge is 0.247 e. The van der Waals surface area contributed by atoms with E-state index in [4.69, 9.17) is 11.6 Å². The minimum absolute atomic E-state index is 0.0453. The van der Waals surface area contributed by atoms with Gasteiger partial charge >= 0.3 is 0 Å². The van der Waals surface area contributed by atoms with Crippen LogP contribution in [0.4, 0.5) is 11.6 Å². The first kappa shape index (κ1) is 14.7. The van der Waals surface area contributed by atoms with Gasteiger partial charge in [-0.2, -0.15) is 0 Å². The van der Waals surface area contributed by atoms with Crippen molar-refractivity contribution in [3.8, 4) is 0 Å². The number of hydrogen-bond donors (Lipinski definition) is 2. The van der Waals surface area contributed by atoms with Crippen molar-refractivity contribution >= 4 is 46.1 Å². The fraction of sp³-hybridized carbons (Fsp3) is 0.118. The van der Waals surface area contributed by atoms with Crippen LogP contribution in [-0.2, 0) is 4.79 Å². The summed E-state index contributed by atoms with van der Waals surface area (Å²) in [6, 6.07) is 13.6. The minimum atomic E-state index is -0.696. The van der Waals surface area contributed by atoms with E-state index in [-0.39, 0.29) is 18.2 Å². The average Bonchev–Trinajstić information content (AvgIpc) is 2.95. The van der Waals surface area contributed by atoms with Crippen LogP contribution in [0.3, 0.4) is 0 Å². The molecule has 1 aromatic heterocycles. The van der Waals surface area contributed by atoms with Crippen molar-refractivity contribution < 1.29 is 9.59 Å². The molecule has 3 aromatic rings. The van der Waals surface area contributed by atoms with Crippen LogP contribution in [0.1, 0.15) is 11.2 Å². The predicted octanol–water partition coefficient (Wildman–Crippen LogP) is 3.15. The number of carbonyl (C=O) groups excluding carboxylic acids is 2. The number of rotatable bonds is 2. The number of aromatic nitrogens is 2. The third kappa shape index (κ3) is 2.41. The van der Waals surface area contributed by atoms with Gasteiger partial charge in [-0.15, -0.1) is 0 Å². The second-order valence-electron chi connectivity index (χ2n) is 5.52. The largest absolute Gasteiger partial charge is 0.343 e. The monoisotopic (exact) mass is 340 g/mol. The van der Waals surface area contributed by atoms with Gasteiger partial charge in [-0.3, -0.25) is 9.59 Å². The van der Waals surface area contributed by atoms with Gasteiger partial charge in [-0.25, -0.2) is 9.55 Å². The van der Waals surface area contributed by atoms with Crippen molar-refractivity contribution in [2.24, 2.45) is 0 Å². The van der Waals surface area contributed by atoms with Gasteiger partial charge in [0.1, 0.15) is 6.04 Å². The second-order valence-corrected chi connectivity index (χ2v) is 5.93. The van der Waals surface area contributed by atoms with E-state index in [0.29, 0.717) is 22.2 Å². The van der Waals surface area contributed by atoms with Gasteiger partial charge in [-0.1, -0.05) is 35.9 Å². The van der Waals surface area contributed by atoms with Crippen LogP contribution in [0, 0.1) is 0 Å². The van der Waals surface area contributed by atoms with Crippen LogP contribution >= 0.6 is 11.6 Å². The summed E-state index contributed by atoms with van der Waals surface area (Å²) in [5, 5.41) is 6.22. The number of amides is 1. The summed E-state index contributed by atoms with van der Waals surface area (Å²) in [5.41, 5.74) is 1.95. The van der Waals surface area contributed by atoms with Crippen molar-refractivity contribution in [2.45, 2.75) is 12.5 Å². The van der Waals surface area contributed by atoms with Gasteiger partial charge in [0.2, 0.25) is 17.8 Å². The Bertz CT molecular complexity index is 966. The first-order chi connectivity index (χ1) is 11.6. The lowest BCUT2D eigenvalue weighted by molar-refractivity contribution is -0.117. The Kier molecular flexibility index (Phi) is 3.46. The molecule has 2 N–H and O–H groups in total. The molecule has 7 heteroatoms. The summed E-state index contributed by atoms with van der Waals surface area (Å²) >= 11 is 6.05. The van der Waals surface area contributed by atoms with E-state index in [2.05, 4.69) is 15.6 Å². The molecule has 0 saturated heterocycles. The van der Waals surface area contributed by atoms with Crippen LogP contribution in [-0.4, -0.2) is 27.4 Å². The van der Waals surface area contributed by atoms with Crippen molar-refractivity contribution in [1.29, 1.82) is 0 Å². The molecular formula is C17H13ClN4O2. The van der Waals surface area contributed by atoms with Crippen LogP contribution < -0.4 is 10.6 Å². The standard InChI is InChI=1S/C17H13ClN4O2/c18-10-5-1-2-6-11(10)19-16(24)13-9-15(23)22-14-8-4-3-7-12(14)20-17(22)21-13/h1-8,13H,9H2,(H,19,24)(H,20,21)/t13-/m0/s1. The lowest BCUT2D eigenvalue weighted by Crippen LogP contribution is -2.42. The fourth-order valence-corrected chi connectivity index (χ4v) is 2.97. The van der Waals surface area contributed by atoms with Crippen LogP contribution in [0.2, 0.25) is 5.02 Å². The van der Waals surface area contributed by atoms with Gasteiger partial charge < -0.3 is 10.6 Å². The quantitative estimate of drug-likeness (QED) is 0.751. The Morgan fingerprint density at radius 1 is 1.21 bits per heavy atom. The molecule has 0 saturated carbocycles. The van der Waals surface area contributed by atoms with Crippen molar-refractivity contribution in [1.82, 2.24) is 9.55 Å². The molecule has 0 spiro atoms. The summed E-state index contributed by atoms with van der Waals surface area (Å²) in [7, 11) is 0. The molecule has 1 aliphatic heterocycles. The minimum Gasteiger partial charge on any atom is -0.343 e. The number of halogens is 1. The average molecular weight is 341 g/mol. The maximum atomic E-state index is 12.5. The lowest BCUT2D eigenvalue weighted by atomic mass is 10.1. The highest BCUT2D eigenvalue weighted by Gasteiger charge is 2.31. The third-order valence-electron chi connectivity index (χ3n) is 3.94. The molecule has 2 heterocycles. The lowest BCUT2D eigenvalue weighted by Gasteiger charge is -2.24. The highest BCUT2D eigenvalue weighted by Crippen LogP contribution is 2.26. The molecule has 0 bridgehead atoms. The number of para-hydroxylation sites is 3. The summed E-state index contributed by atoms with van der Waals surface area (Å²) in [6.45, 7) is 0.